The molecule has 0 saturated carbocycles. The zero-order chi connectivity index (χ0) is 16.5. The van der Waals surface area contributed by atoms with Gasteiger partial charge in [-0.2, -0.15) is 0 Å². The monoisotopic (exact) mass is 334 g/mol. The number of hydrogen-bond acceptors (Lipinski definition) is 5. The Kier molecular flexibility index (Phi) is 7.19. The fraction of sp³-hybridized carbons (Fsp3) is 0.412. The lowest BCUT2D eigenvalue weighted by molar-refractivity contribution is 0.0453. The highest BCUT2D eigenvalue weighted by Gasteiger charge is 2.10. The van der Waals surface area contributed by atoms with Crippen LogP contribution in [0.3, 0.4) is 0 Å². The highest BCUT2D eigenvalue weighted by atomic mass is 32.1. The maximum atomic E-state index is 12.2. The van der Waals surface area contributed by atoms with Crippen LogP contribution in [0.15, 0.2) is 30.5 Å². The molecule has 0 radical (unpaired) electrons. The number of thiazole rings is 1. The number of anilines is 1. The maximum Gasteiger partial charge on any atom is 0.267 e. The SMILES string of the molecule is CCOCCOCc1cccc(NC(=O)c2cnc(CC)s2)c1. The minimum Gasteiger partial charge on any atom is -0.379 e. The molecule has 1 amide bonds. The van der Waals surface area contributed by atoms with Crippen molar-refractivity contribution >= 4 is 22.9 Å². The quantitative estimate of drug-likeness (QED) is 0.713. The minimum atomic E-state index is -0.128. The Hall–Kier alpha value is -1.76. The number of rotatable bonds is 9. The number of nitrogens with zero attached hydrogens (tertiary/aromatic N) is 1. The van der Waals surface area contributed by atoms with Crippen molar-refractivity contribution in [3.05, 3.63) is 45.9 Å². The van der Waals surface area contributed by atoms with E-state index in [0.29, 0.717) is 31.3 Å². The van der Waals surface area contributed by atoms with Gasteiger partial charge in [-0.1, -0.05) is 19.1 Å². The van der Waals surface area contributed by atoms with Crippen molar-refractivity contribution in [2.75, 3.05) is 25.1 Å². The van der Waals surface area contributed by atoms with E-state index in [-0.39, 0.29) is 5.91 Å². The van der Waals surface area contributed by atoms with Crippen molar-refractivity contribution < 1.29 is 14.3 Å². The Balaban J connectivity index is 1.87. The molecular weight excluding hydrogens is 312 g/mol. The molecule has 124 valence electrons. The third-order valence-electron chi connectivity index (χ3n) is 3.11. The summed E-state index contributed by atoms with van der Waals surface area (Å²) in [5.74, 6) is -0.128. The fourth-order valence-electron chi connectivity index (χ4n) is 1.96. The van der Waals surface area contributed by atoms with Crippen LogP contribution in [0.4, 0.5) is 5.69 Å². The average molecular weight is 334 g/mol. The topological polar surface area (TPSA) is 60.5 Å². The van der Waals surface area contributed by atoms with Gasteiger partial charge in [-0.25, -0.2) is 4.98 Å². The van der Waals surface area contributed by atoms with Crippen LogP contribution >= 0.6 is 11.3 Å². The molecule has 0 fully saturated rings. The summed E-state index contributed by atoms with van der Waals surface area (Å²) in [5.41, 5.74) is 1.77. The summed E-state index contributed by atoms with van der Waals surface area (Å²) >= 11 is 1.42. The zero-order valence-corrected chi connectivity index (χ0v) is 14.3. The van der Waals surface area contributed by atoms with Gasteiger partial charge < -0.3 is 14.8 Å². The van der Waals surface area contributed by atoms with Crippen molar-refractivity contribution in [2.45, 2.75) is 26.9 Å². The number of carbonyl (C=O) groups excluding carboxylic acids is 1. The van der Waals surface area contributed by atoms with Gasteiger partial charge in [0.05, 0.1) is 31.0 Å². The van der Waals surface area contributed by atoms with Crippen molar-refractivity contribution in [3.63, 3.8) is 0 Å². The lowest BCUT2D eigenvalue weighted by Crippen LogP contribution is -2.10. The summed E-state index contributed by atoms with van der Waals surface area (Å²) in [6, 6.07) is 7.66. The van der Waals surface area contributed by atoms with Crippen LogP contribution in [-0.2, 0) is 22.5 Å². The van der Waals surface area contributed by atoms with E-state index in [2.05, 4.69) is 10.3 Å². The number of nitrogens with one attached hydrogen (secondary N) is 1. The number of aryl methyl sites for hydroxylation is 1. The van der Waals surface area contributed by atoms with E-state index in [1.807, 2.05) is 38.1 Å². The molecule has 2 aromatic rings. The van der Waals surface area contributed by atoms with Crippen molar-refractivity contribution in [1.82, 2.24) is 4.98 Å². The van der Waals surface area contributed by atoms with Gasteiger partial charge in [-0.3, -0.25) is 4.79 Å². The van der Waals surface area contributed by atoms with E-state index in [0.717, 1.165) is 22.7 Å². The molecule has 5 nitrogen and oxygen atoms in total. The van der Waals surface area contributed by atoms with Gasteiger partial charge in [0.25, 0.3) is 5.91 Å². The Morgan fingerprint density at radius 1 is 1.26 bits per heavy atom. The van der Waals surface area contributed by atoms with Crippen LogP contribution in [0.2, 0.25) is 0 Å². The summed E-state index contributed by atoms with van der Waals surface area (Å²) in [7, 11) is 0. The van der Waals surface area contributed by atoms with Crippen LogP contribution < -0.4 is 5.32 Å². The molecule has 2 rings (SSSR count). The van der Waals surface area contributed by atoms with Crippen LogP contribution in [0.5, 0.6) is 0 Å². The van der Waals surface area contributed by atoms with Crippen molar-refractivity contribution in [3.8, 4) is 0 Å². The normalized spacial score (nSPS) is 10.7. The molecule has 0 bridgehead atoms. The molecule has 1 aromatic carbocycles. The highest BCUT2D eigenvalue weighted by molar-refractivity contribution is 7.13. The third kappa shape index (κ3) is 5.74. The van der Waals surface area contributed by atoms with Crippen LogP contribution in [0.1, 0.15) is 34.1 Å². The standard InChI is InChI=1S/C17H22N2O3S/c1-3-16-18-11-15(23-16)17(20)19-14-7-5-6-13(10-14)12-22-9-8-21-4-2/h5-7,10-11H,3-4,8-9,12H2,1-2H3,(H,19,20). The van der Waals surface area contributed by atoms with Gasteiger partial charge in [-0.05, 0) is 31.0 Å². The Morgan fingerprint density at radius 3 is 2.83 bits per heavy atom. The maximum absolute atomic E-state index is 12.2. The van der Waals surface area contributed by atoms with Crippen LogP contribution in [0, 0.1) is 0 Å². The Morgan fingerprint density at radius 2 is 2.09 bits per heavy atom. The first-order valence-electron chi connectivity index (χ1n) is 7.73. The van der Waals surface area contributed by atoms with Gasteiger partial charge in [0.1, 0.15) is 4.88 Å². The van der Waals surface area contributed by atoms with Gasteiger partial charge in [0, 0.05) is 12.3 Å². The number of ether oxygens (including phenoxy) is 2. The summed E-state index contributed by atoms with van der Waals surface area (Å²) in [6.45, 7) is 6.33. The predicted molar refractivity (Wildman–Crippen MR) is 92.0 cm³/mol. The number of carbonyl (C=O) groups is 1. The summed E-state index contributed by atoms with van der Waals surface area (Å²) in [6.07, 6.45) is 2.46. The molecule has 1 heterocycles. The molecule has 0 atom stereocenters. The summed E-state index contributed by atoms with van der Waals surface area (Å²) < 4.78 is 10.8. The van der Waals surface area contributed by atoms with E-state index in [9.17, 15) is 4.79 Å². The minimum absolute atomic E-state index is 0.128. The van der Waals surface area contributed by atoms with Gasteiger partial charge in [-0.15, -0.1) is 11.3 Å². The second kappa shape index (κ2) is 9.39. The predicted octanol–water partition coefficient (Wildman–Crippen LogP) is 3.51. The van der Waals surface area contributed by atoms with E-state index >= 15 is 0 Å². The Bertz CT molecular complexity index is 628. The third-order valence-corrected chi connectivity index (χ3v) is 4.25. The lowest BCUT2D eigenvalue weighted by atomic mass is 10.2. The van der Waals surface area contributed by atoms with E-state index in [1.54, 1.807) is 6.20 Å². The van der Waals surface area contributed by atoms with E-state index in [4.69, 9.17) is 9.47 Å². The molecule has 1 aromatic heterocycles. The van der Waals surface area contributed by atoms with Crippen LogP contribution in [-0.4, -0.2) is 30.7 Å². The first-order valence-corrected chi connectivity index (χ1v) is 8.55. The molecule has 23 heavy (non-hydrogen) atoms. The molecule has 0 unspecified atom stereocenters. The first-order chi connectivity index (χ1) is 11.2. The summed E-state index contributed by atoms with van der Waals surface area (Å²) in [5, 5.41) is 3.86. The summed E-state index contributed by atoms with van der Waals surface area (Å²) in [4.78, 5) is 17.0. The van der Waals surface area contributed by atoms with Crippen molar-refractivity contribution in [1.29, 1.82) is 0 Å². The van der Waals surface area contributed by atoms with Crippen molar-refractivity contribution in [2.24, 2.45) is 0 Å². The van der Waals surface area contributed by atoms with E-state index in [1.165, 1.54) is 11.3 Å². The zero-order valence-electron chi connectivity index (χ0n) is 13.5. The number of hydrogen-bond donors (Lipinski definition) is 1. The number of amides is 1. The fourth-order valence-corrected chi connectivity index (χ4v) is 2.72. The molecule has 0 spiro atoms. The molecule has 6 heteroatoms. The molecule has 1 N–H and O–H groups in total. The number of benzene rings is 1. The van der Waals surface area contributed by atoms with Gasteiger partial charge >= 0.3 is 0 Å². The molecule has 0 aliphatic carbocycles. The average Bonchev–Trinajstić information content (AvgIpc) is 3.04. The molecule has 0 saturated heterocycles. The molecule has 0 aliphatic heterocycles. The number of aromatic nitrogens is 1. The van der Waals surface area contributed by atoms with Gasteiger partial charge in [0.15, 0.2) is 0 Å². The molecular formula is C17H22N2O3S. The van der Waals surface area contributed by atoms with Crippen LogP contribution in [0.25, 0.3) is 0 Å². The lowest BCUT2D eigenvalue weighted by Gasteiger charge is -2.07. The first kappa shape index (κ1) is 17.6. The second-order valence-corrected chi connectivity index (χ2v) is 5.99. The largest absolute Gasteiger partial charge is 0.379 e. The Labute approximate surface area is 140 Å². The van der Waals surface area contributed by atoms with E-state index < -0.39 is 0 Å². The second-order valence-electron chi connectivity index (χ2n) is 4.88. The molecule has 0 aliphatic rings. The van der Waals surface area contributed by atoms with Gasteiger partial charge in [0.2, 0.25) is 0 Å². The smallest absolute Gasteiger partial charge is 0.267 e. The highest BCUT2D eigenvalue weighted by Crippen LogP contribution is 2.17.